The second-order valence-electron chi connectivity index (χ2n) is 6.15. The van der Waals surface area contributed by atoms with E-state index in [0.29, 0.717) is 12.1 Å². The first-order valence-electron chi connectivity index (χ1n) is 8.42. The first-order chi connectivity index (χ1) is 10.4. The third-order valence-electron chi connectivity index (χ3n) is 4.59. The molecule has 2 unspecified atom stereocenters. The van der Waals surface area contributed by atoms with Gasteiger partial charge in [0.15, 0.2) is 0 Å². The lowest BCUT2D eigenvalue weighted by Crippen LogP contribution is -2.53. The molecule has 116 valence electrons. The van der Waals surface area contributed by atoms with E-state index in [1.807, 2.05) is 6.20 Å². The smallest absolute Gasteiger partial charge is 0.129 e. The third-order valence-corrected chi connectivity index (χ3v) is 4.59. The Bertz CT molecular complexity index is 449. The van der Waals surface area contributed by atoms with Gasteiger partial charge in [0.25, 0.3) is 0 Å². The number of ether oxygens (including phenoxy) is 1. The van der Waals surface area contributed by atoms with Gasteiger partial charge in [-0.05, 0) is 43.5 Å². The summed E-state index contributed by atoms with van der Waals surface area (Å²) in [6, 6.07) is 4.89. The zero-order chi connectivity index (χ0) is 14.5. The van der Waals surface area contributed by atoms with Gasteiger partial charge in [-0.2, -0.15) is 0 Å². The van der Waals surface area contributed by atoms with Crippen LogP contribution in [0.3, 0.4) is 0 Å². The number of hydrogen-bond donors (Lipinski definition) is 1. The van der Waals surface area contributed by atoms with Crippen LogP contribution >= 0.6 is 0 Å². The van der Waals surface area contributed by atoms with Crippen molar-refractivity contribution < 1.29 is 4.74 Å². The van der Waals surface area contributed by atoms with Crippen molar-refractivity contribution in [3.63, 3.8) is 0 Å². The van der Waals surface area contributed by atoms with Gasteiger partial charge in [-0.1, -0.05) is 19.8 Å². The van der Waals surface area contributed by atoms with Gasteiger partial charge in [0.05, 0.1) is 18.8 Å². The Morgan fingerprint density at radius 3 is 3.19 bits per heavy atom. The number of aromatic nitrogens is 1. The highest BCUT2D eigenvalue weighted by Crippen LogP contribution is 2.31. The second kappa shape index (κ2) is 7.23. The maximum Gasteiger partial charge on any atom is 0.129 e. The Morgan fingerprint density at radius 1 is 1.38 bits per heavy atom. The van der Waals surface area contributed by atoms with E-state index in [4.69, 9.17) is 4.74 Å². The van der Waals surface area contributed by atoms with Crippen LogP contribution in [0.1, 0.15) is 44.6 Å². The topological polar surface area (TPSA) is 37.4 Å². The van der Waals surface area contributed by atoms with E-state index in [9.17, 15) is 0 Å². The van der Waals surface area contributed by atoms with E-state index in [-0.39, 0.29) is 0 Å². The highest BCUT2D eigenvalue weighted by atomic mass is 16.5. The molecule has 0 bridgehead atoms. The van der Waals surface area contributed by atoms with Crippen LogP contribution in [0.5, 0.6) is 0 Å². The van der Waals surface area contributed by atoms with Crippen LogP contribution in [-0.4, -0.2) is 36.8 Å². The van der Waals surface area contributed by atoms with Crippen LogP contribution in [0.15, 0.2) is 18.3 Å². The molecule has 1 saturated heterocycles. The lowest BCUT2D eigenvalue weighted by molar-refractivity contribution is -0.00899. The normalized spacial score (nSPS) is 25.7. The first-order valence-corrected chi connectivity index (χ1v) is 8.42. The van der Waals surface area contributed by atoms with E-state index in [2.05, 4.69) is 34.3 Å². The number of rotatable bonds is 5. The van der Waals surface area contributed by atoms with Gasteiger partial charge in [0.2, 0.25) is 0 Å². The Morgan fingerprint density at radius 2 is 2.29 bits per heavy atom. The molecule has 4 heteroatoms. The fourth-order valence-electron chi connectivity index (χ4n) is 3.52. The molecular formula is C17H27N3O. The van der Waals surface area contributed by atoms with Crippen molar-refractivity contribution in [2.45, 2.75) is 57.7 Å². The summed E-state index contributed by atoms with van der Waals surface area (Å²) in [5.74, 6) is 1.13. The fraction of sp³-hybridized carbons (Fsp3) is 0.706. The molecule has 1 aromatic rings. The monoisotopic (exact) mass is 289 g/mol. The molecule has 1 aliphatic carbocycles. The molecule has 2 aliphatic rings. The van der Waals surface area contributed by atoms with E-state index in [1.165, 1.54) is 37.7 Å². The standard InChI is InChI=1S/C17H27N3O/c1-2-8-18-13-14-7-9-19-17(12-14)20-10-11-21-16-6-4-3-5-15(16)20/h7,9,12,15-16,18H,2-6,8,10-11,13H2,1H3. The molecule has 1 aliphatic heterocycles. The molecule has 2 heterocycles. The SMILES string of the molecule is CCCNCc1ccnc(N2CCOC3CCCCC32)c1. The lowest BCUT2D eigenvalue weighted by Gasteiger charge is -2.44. The molecule has 2 fully saturated rings. The summed E-state index contributed by atoms with van der Waals surface area (Å²) < 4.78 is 5.96. The van der Waals surface area contributed by atoms with E-state index in [1.54, 1.807) is 0 Å². The predicted molar refractivity (Wildman–Crippen MR) is 85.6 cm³/mol. The average molecular weight is 289 g/mol. The van der Waals surface area contributed by atoms with Crippen LogP contribution in [-0.2, 0) is 11.3 Å². The number of pyridine rings is 1. The zero-order valence-corrected chi connectivity index (χ0v) is 13.1. The summed E-state index contributed by atoms with van der Waals surface area (Å²) in [6.07, 6.45) is 8.61. The maximum absolute atomic E-state index is 5.96. The number of hydrogen-bond acceptors (Lipinski definition) is 4. The van der Waals surface area contributed by atoms with Gasteiger partial charge in [-0.15, -0.1) is 0 Å². The fourth-order valence-corrected chi connectivity index (χ4v) is 3.52. The number of anilines is 1. The van der Waals surface area contributed by atoms with Crippen LogP contribution in [0.25, 0.3) is 0 Å². The molecular weight excluding hydrogens is 262 g/mol. The molecule has 4 nitrogen and oxygen atoms in total. The van der Waals surface area contributed by atoms with Crippen LogP contribution in [0, 0.1) is 0 Å². The van der Waals surface area contributed by atoms with Gasteiger partial charge in [0.1, 0.15) is 5.82 Å². The van der Waals surface area contributed by atoms with Crippen molar-refractivity contribution in [2.24, 2.45) is 0 Å². The molecule has 0 aromatic carbocycles. The summed E-state index contributed by atoms with van der Waals surface area (Å²) >= 11 is 0. The van der Waals surface area contributed by atoms with E-state index < -0.39 is 0 Å². The van der Waals surface area contributed by atoms with Crippen LogP contribution < -0.4 is 10.2 Å². The molecule has 1 saturated carbocycles. The molecule has 2 atom stereocenters. The molecule has 3 rings (SSSR count). The van der Waals surface area contributed by atoms with Gasteiger partial charge < -0.3 is 15.0 Å². The number of morpholine rings is 1. The zero-order valence-electron chi connectivity index (χ0n) is 13.1. The minimum atomic E-state index is 0.413. The van der Waals surface area contributed by atoms with Gasteiger partial charge >= 0.3 is 0 Å². The molecule has 1 aromatic heterocycles. The van der Waals surface area contributed by atoms with Crippen LogP contribution in [0.2, 0.25) is 0 Å². The highest BCUT2D eigenvalue weighted by Gasteiger charge is 2.34. The number of nitrogens with one attached hydrogen (secondary N) is 1. The third kappa shape index (κ3) is 3.55. The molecule has 0 radical (unpaired) electrons. The van der Waals surface area contributed by atoms with Crippen molar-refractivity contribution in [3.05, 3.63) is 23.9 Å². The quantitative estimate of drug-likeness (QED) is 0.846. The Labute approximate surface area is 127 Å². The summed E-state index contributed by atoms with van der Waals surface area (Å²) in [4.78, 5) is 7.11. The Balaban J connectivity index is 1.71. The van der Waals surface area contributed by atoms with E-state index >= 15 is 0 Å². The summed E-state index contributed by atoms with van der Waals surface area (Å²) in [7, 11) is 0. The van der Waals surface area contributed by atoms with Crippen molar-refractivity contribution in [3.8, 4) is 0 Å². The summed E-state index contributed by atoms with van der Waals surface area (Å²) in [6.45, 7) is 6.00. The number of nitrogens with zero attached hydrogens (tertiary/aromatic N) is 2. The summed E-state index contributed by atoms with van der Waals surface area (Å²) in [5.41, 5.74) is 1.33. The first kappa shape index (κ1) is 14.8. The highest BCUT2D eigenvalue weighted by molar-refractivity contribution is 5.43. The maximum atomic E-state index is 5.96. The number of fused-ring (bicyclic) bond motifs is 1. The second-order valence-corrected chi connectivity index (χ2v) is 6.15. The van der Waals surface area contributed by atoms with Gasteiger partial charge in [0, 0.05) is 19.3 Å². The molecule has 21 heavy (non-hydrogen) atoms. The minimum Gasteiger partial charge on any atom is -0.374 e. The van der Waals surface area contributed by atoms with E-state index in [0.717, 1.165) is 32.1 Å². The molecule has 0 spiro atoms. The van der Waals surface area contributed by atoms with Gasteiger partial charge in [-0.25, -0.2) is 4.98 Å². The van der Waals surface area contributed by atoms with Crippen LogP contribution in [0.4, 0.5) is 5.82 Å². The van der Waals surface area contributed by atoms with Crippen molar-refractivity contribution in [1.29, 1.82) is 0 Å². The Kier molecular flexibility index (Phi) is 5.09. The van der Waals surface area contributed by atoms with Gasteiger partial charge in [-0.3, -0.25) is 0 Å². The average Bonchev–Trinajstić information content (AvgIpc) is 2.55. The molecule has 0 amide bonds. The Hall–Kier alpha value is -1.13. The summed E-state index contributed by atoms with van der Waals surface area (Å²) in [5, 5.41) is 3.47. The van der Waals surface area contributed by atoms with Crippen molar-refractivity contribution in [1.82, 2.24) is 10.3 Å². The molecule has 1 N–H and O–H groups in total. The largest absolute Gasteiger partial charge is 0.374 e. The predicted octanol–water partition coefficient (Wildman–Crippen LogP) is 2.73. The van der Waals surface area contributed by atoms with Crippen molar-refractivity contribution >= 4 is 5.82 Å². The lowest BCUT2D eigenvalue weighted by atomic mass is 9.90. The minimum absolute atomic E-state index is 0.413. The van der Waals surface area contributed by atoms with Crippen molar-refractivity contribution in [2.75, 3.05) is 24.6 Å².